The molecular weight excluding hydrogens is 182 g/mol. The van der Waals surface area contributed by atoms with Gasteiger partial charge in [-0.3, -0.25) is 4.90 Å². The molecule has 74 valence electrons. The van der Waals surface area contributed by atoms with Gasteiger partial charge in [0.05, 0.1) is 0 Å². The van der Waals surface area contributed by atoms with Crippen molar-refractivity contribution >= 4 is 11.6 Å². The number of nitrogens with zero attached hydrogens (tertiary/aromatic N) is 1. The molecule has 1 fully saturated rings. The first kappa shape index (κ1) is 10.8. The number of likely N-dealkylation sites (tertiary alicyclic amines) is 1. The van der Waals surface area contributed by atoms with Gasteiger partial charge in [-0.25, -0.2) is 0 Å². The molecule has 0 radical (unpaired) electrons. The highest BCUT2D eigenvalue weighted by atomic mass is 35.5. The van der Waals surface area contributed by atoms with Crippen molar-refractivity contribution in [1.82, 2.24) is 4.90 Å². The third-order valence-corrected chi connectivity index (χ3v) is 3.03. The Bertz CT molecular complexity index is 220. The van der Waals surface area contributed by atoms with Gasteiger partial charge in [-0.05, 0) is 31.4 Å². The first-order valence-corrected chi connectivity index (χ1v) is 5.21. The minimum Gasteiger partial charge on any atom is -0.299 e. The van der Waals surface area contributed by atoms with Crippen LogP contribution in [0, 0.1) is 5.92 Å². The van der Waals surface area contributed by atoms with Crippen LogP contribution in [0.3, 0.4) is 0 Å². The normalized spacial score (nSPS) is 25.9. The summed E-state index contributed by atoms with van der Waals surface area (Å²) in [5.41, 5.74) is 1.23. The number of hydrogen-bond acceptors (Lipinski definition) is 1. The quantitative estimate of drug-likeness (QED) is 0.632. The number of hydrogen-bond donors (Lipinski definition) is 0. The fraction of sp³-hybridized carbons (Fsp3) is 0.636. The van der Waals surface area contributed by atoms with E-state index in [1.165, 1.54) is 25.1 Å². The minimum absolute atomic E-state index is 0.805. The van der Waals surface area contributed by atoms with Gasteiger partial charge in [0.1, 0.15) is 0 Å². The van der Waals surface area contributed by atoms with Crippen LogP contribution in [-0.2, 0) is 0 Å². The predicted molar refractivity (Wildman–Crippen MR) is 59.0 cm³/mol. The highest BCUT2D eigenvalue weighted by Crippen LogP contribution is 2.18. The van der Waals surface area contributed by atoms with Gasteiger partial charge in [0.2, 0.25) is 0 Å². The minimum atomic E-state index is 0.805. The van der Waals surface area contributed by atoms with Crippen molar-refractivity contribution in [2.45, 2.75) is 20.3 Å². The van der Waals surface area contributed by atoms with Gasteiger partial charge in [0.25, 0.3) is 0 Å². The topological polar surface area (TPSA) is 3.24 Å². The molecule has 0 bridgehead atoms. The molecule has 1 aliphatic rings. The summed E-state index contributed by atoms with van der Waals surface area (Å²) in [5, 5.41) is 0.805. The molecular formula is C11H18ClN. The first-order chi connectivity index (χ1) is 6.13. The van der Waals surface area contributed by atoms with Crippen molar-refractivity contribution in [3.05, 3.63) is 23.3 Å². The summed E-state index contributed by atoms with van der Waals surface area (Å²) in [4.78, 5) is 2.45. The van der Waals surface area contributed by atoms with Crippen LogP contribution in [0.5, 0.6) is 0 Å². The Labute approximate surface area is 86.1 Å². The Hall–Kier alpha value is -0.270. The first-order valence-electron chi connectivity index (χ1n) is 4.83. The van der Waals surface area contributed by atoms with Gasteiger partial charge in [-0.15, -0.1) is 0 Å². The van der Waals surface area contributed by atoms with E-state index < -0.39 is 0 Å². The second-order valence-corrected chi connectivity index (χ2v) is 4.37. The maximum atomic E-state index is 5.97. The van der Waals surface area contributed by atoms with Crippen LogP contribution >= 0.6 is 11.6 Å². The molecule has 0 N–H and O–H groups in total. The van der Waals surface area contributed by atoms with Crippen LogP contribution in [0.25, 0.3) is 0 Å². The van der Waals surface area contributed by atoms with Gasteiger partial charge >= 0.3 is 0 Å². The summed E-state index contributed by atoms with van der Waals surface area (Å²) in [6.45, 7) is 11.4. The van der Waals surface area contributed by atoms with Crippen molar-refractivity contribution < 1.29 is 0 Å². The molecule has 13 heavy (non-hydrogen) atoms. The summed E-state index contributed by atoms with van der Waals surface area (Å²) in [6, 6.07) is 0. The van der Waals surface area contributed by atoms with E-state index in [0.717, 1.165) is 17.5 Å². The van der Waals surface area contributed by atoms with E-state index in [1.807, 2.05) is 0 Å². The highest BCUT2D eigenvalue weighted by molar-refractivity contribution is 6.31. The molecule has 0 aromatic rings. The van der Waals surface area contributed by atoms with E-state index >= 15 is 0 Å². The molecule has 1 nitrogen and oxygen atoms in total. The Morgan fingerprint density at radius 3 is 2.85 bits per heavy atom. The van der Waals surface area contributed by atoms with Crippen LogP contribution in [0.15, 0.2) is 23.3 Å². The van der Waals surface area contributed by atoms with Crippen molar-refractivity contribution in [3.63, 3.8) is 0 Å². The zero-order valence-electron chi connectivity index (χ0n) is 8.52. The lowest BCUT2D eigenvalue weighted by Crippen LogP contribution is -2.22. The van der Waals surface area contributed by atoms with Crippen LogP contribution in [0.4, 0.5) is 0 Å². The average molecular weight is 200 g/mol. The maximum Gasteiger partial charge on any atom is 0.0402 e. The van der Waals surface area contributed by atoms with Gasteiger partial charge < -0.3 is 0 Å². The molecule has 2 heteroatoms. The van der Waals surface area contributed by atoms with Crippen molar-refractivity contribution in [1.29, 1.82) is 0 Å². The van der Waals surface area contributed by atoms with Crippen molar-refractivity contribution in [3.8, 4) is 0 Å². The smallest absolute Gasteiger partial charge is 0.0402 e. The van der Waals surface area contributed by atoms with E-state index in [0.29, 0.717) is 0 Å². The third-order valence-electron chi connectivity index (χ3n) is 2.56. The van der Waals surface area contributed by atoms with E-state index in [1.54, 1.807) is 6.08 Å². The predicted octanol–water partition coefficient (Wildman–Crippen LogP) is 3.03. The monoisotopic (exact) mass is 199 g/mol. The highest BCUT2D eigenvalue weighted by Gasteiger charge is 2.18. The molecule has 1 heterocycles. The van der Waals surface area contributed by atoms with Crippen LogP contribution in [0.1, 0.15) is 20.3 Å². The zero-order valence-corrected chi connectivity index (χ0v) is 9.27. The molecule has 1 rings (SSSR count). The molecule has 0 aromatic carbocycles. The molecule has 0 spiro atoms. The Balaban J connectivity index is 2.45. The molecule has 0 amide bonds. The average Bonchev–Trinajstić information content (AvgIpc) is 2.49. The Morgan fingerprint density at radius 2 is 2.38 bits per heavy atom. The summed E-state index contributed by atoms with van der Waals surface area (Å²) >= 11 is 5.97. The van der Waals surface area contributed by atoms with Crippen molar-refractivity contribution in [2.24, 2.45) is 5.92 Å². The lowest BCUT2D eigenvalue weighted by Gasteiger charge is -2.15. The van der Waals surface area contributed by atoms with E-state index in [2.05, 4.69) is 25.3 Å². The SMILES string of the molecule is C=C/C(Cl)=C(\C)CN1CCC(C)C1. The van der Waals surface area contributed by atoms with Crippen LogP contribution < -0.4 is 0 Å². The fourth-order valence-corrected chi connectivity index (χ4v) is 1.81. The number of halogens is 1. The van der Waals surface area contributed by atoms with E-state index in [4.69, 9.17) is 11.6 Å². The summed E-state index contributed by atoms with van der Waals surface area (Å²) < 4.78 is 0. The Morgan fingerprint density at radius 1 is 1.69 bits per heavy atom. The van der Waals surface area contributed by atoms with Gasteiger partial charge in [0.15, 0.2) is 0 Å². The van der Waals surface area contributed by atoms with Gasteiger partial charge in [-0.2, -0.15) is 0 Å². The largest absolute Gasteiger partial charge is 0.299 e. The third kappa shape index (κ3) is 3.17. The Kier molecular flexibility index (Phi) is 4.01. The molecule has 0 saturated carbocycles. The molecule has 1 unspecified atom stereocenters. The van der Waals surface area contributed by atoms with Gasteiger partial charge in [-0.1, -0.05) is 31.2 Å². The zero-order chi connectivity index (χ0) is 9.84. The molecule has 0 aromatic heterocycles. The molecule has 1 saturated heterocycles. The van der Waals surface area contributed by atoms with Crippen LogP contribution in [-0.4, -0.2) is 24.5 Å². The standard InChI is InChI=1S/C11H18ClN/c1-4-11(12)10(3)8-13-6-5-9(2)7-13/h4,9H,1,5-8H2,2-3H3/b11-10-. The summed E-state index contributed by atoms with van der Waals surface area (Å²) in [6.07, 6.45) is 3.04. The molecule has 1 aliphatic heterocycles. The number of allylic oxidation sites excluding steroid dienone is 2. The maximum absolute atomic E-state index is 5.97. The summed E-state index contributed by atoms with van der Waals surface area (Å²) in [5.74, 6) is 0.843. The second kappa shape index (κ2) is 4.83. The lowest BCUT2D eigenvalue weighted by atomic mass is 10.2. The van der Waals surface area contributed by atoms with E-state index in [9.17, 15) is 0 Å². The lowest BCUT2D eigenvalue weighted by molar-refractivity contribution is 0.355. The second-order valence-electron chi connectivity index (χ2n) is 3.96. The van der Waals surface area contributed by atoms with Gasteiger partial charge in [0, 0.05) is 18.1 Å². The molecule has 1 atom stereocenters. The fourth-order valence-electron chi connectivity index (χ4n) is 1.76. The van der Waals surface area contributed by atoms with Crippen LogP contribution in [0.2, 0.25) is 0 Å². The number of rotatable bonds is 3. The van der Waals surface area contributed by atoms with E-state index in [-0.39, 0.29) is 0 Å². The summed E-state index contributed by atoms with van der Waals surface area (Å²) in [7, 11) is 0. The molecule has 0 aliphatic carbocycles. The van der Waals surface area contributed by atoms with Crippen molar-refractivity contribution in [2.75, 3.05) is 19.6 Å².